The van der Waals surface area contributed by atoms with E-state index in [1.165, 1.54) is 7.11 Å². The van der Waals surface area contributed by atoms with Gasteiger partial charge in [-0.15, -0.1) is 0 Å². The first kappa shape index (κ1) is 20.2. The van der Waals surface area contributed by atoms with Crippen molar-refractivity contribution < 1.29 is 14.5 Å². The molecule has 0 atom stereocenters. The van der Waals surface area contributed by atoms with E-state index < -0.39 is 0 Å². The van der Waals surface area contributed by atoms with Crippen molar-refractivity contribution in [3.8, 4) is 0 Å². The molecule has 27 heavy (non-hydrogen) atoms. The zero-order chi connectivity index (χ0) is 19.6. The molecule has 0 saturated heterocycles. The summed E-state index contributed by atoms with van der Waals surface area (Å²) in [5.41, 5.74) is 4.97. The lowest BCUT2D eigenvalue weighted by molar-refractivity contribution is -0.110. The van der Waals surface area contributed by atoms with E-state index in [0.717, 1.165) is 28.1 Å². The quantitative estimate of drug-likeness (QED) is 0.564. The van der Waals surface area contributed by atoms with Crippen LogP contribution in [0.4, 0.5) is 5.69 Å². The van der Waals surface area contributed by atoms with Crippen molar-refractivity contribution >= 4 is 23.0 Å². The maximum absolute atomic E-state index is 12.1. The first-order chi connectivity index (χ1) is 13.0. The molecule has 2 rings (SSSR count). The minimum absolute atomic E-state index is 0.259. The second-order valence-electron chi connectivity index (χ2n) is 6.17. The number of amides is 1. The Labute approximate surface area is 159 Å². The third kappa shape index (κ3) is 6.26. The predicted octanol–water partition coefficient (Wildman–Crippen LogP) is 4.09. The van der Waals surface area contributed by atoms with Crippen LogP contribution in [0.1, 0.15) is 30.5 Å². The fourth-order valence-corrected chi connectivity index (χ4v) is 2.50. The lowest BCUT2D eigenvalue weighted by atomic mass is 10.0. The normalized spacial score (nSPS) is 11.9. The molecule has 0 aliphatic carbocycles. The summed E-state index contributed by atoms with van der Waals surface area (Å²) in [6.07, 6.45) is 0.634. The maximum Gasteiger partial charge on any atom is 0.273 e. The molecule has 0 aromatic heterocycles. The third-order valence-electron chi connectivity index (χ3n) is 3.99. The number of carbonyl (C=O) groups is 1. The molecule has 1 N–H and O–H groups in total. The number of anilines is 1. The van der Waals surface area contributed by atoms with Crippen LogP contribution >= 0.6 is 0 Å². The van der Waals surface area contributed by atoms with Crippen molar-refractivity contribution in [2.45, 2.75) is 33.8 Å². The lowest BCUT2D eigenvalue weighted by Gasteiger charge is -2.12. The smallest absolute Gasteiger partial charge is 0.273 e. The van der Waals surface area contributed by atoms with Crippen molar-refractivity contribution in [3.63, 3.8) is 0 Å². The number of rotatable bonds is 8. The van der Waals surface area contributed by atoms with Gasteiger partial charge in [0.1, 0.15) is 19.4 Å². The molecule has 0 unspecified atom stereocenters. The van der Waals surface area contributed by atoms with Gasteiger partial charge in [-0.05, 0) is 43.5 Å². The second-order valence-corrected chi connectivity index (χ2v) is 6.17. The minimum atomic E-state index is -0.298. The van der Waals surface area contributed by atoms with Crippen molar-refractivity contribution in [1.29, 1.82) is 0 Å². The largest absolute Gasteiger partial charge is 0.399 e. The van der Waals surface area contributed by atoms with Crippen LogP contribution in [0.2, 0.25) is 0 Å². The molecule has 2 aromatic carbocycles. The zero-order valence-electron chi connectivity index (χ0n) is 16.2. The summed E-state index contributed by atoms with van der Waals surface area (Å²) >= 11 is 0. The molecule has 0 aliphatic heterocycles. The van der Waals surface area contributed by atoms with Crippen LogP contribution in [0.3, 0.4) is 0 Å². The van der Waals surface area contributed by atoms with Crippen molar-refractivity contribution in [3.05, 3.63) is 65.2 Å². The third-order valence-corrected chi connectivity index (χ3v) is 3.99. The van der Waals surface area contributed by atoms with Gasteiger partial charge in [0.15, 0.2) is 0 Å². The molecule has 1 amide bonds. The molecule has 6 nitrogen and oxygen atoms in total. The molecule has 0 heterocycles. The Bertz CT molecular complexity index is 830. The Morgan fingerprint density at radius 3 is 2.48 bits per heavy atom. The fraction of sp³-hybridized carbons (Fsp3) is 0.286. The van der Waals surface area contributed by atoms with Crippen LogP contribution in [-0.2, 0) is 27.5 Å². The number of nitrogens with one attached hydrogen (secondary N) is 1. The van der Waals surface area contributed by atoms with Crippen LogP contribution in [0.5, 0.6) is 0 Å². The van der Waals surface area contributed by atoms with Crippen LogP contribution in [0.15, 0.2) is 58.8 Å². The predicted molar refractivity (Wildman–Crippen MR) is 108 cm³/mol. The van der Waals surface area contributed by atoms with E-state index in [4.69, 9.17) is 4.84 Å². The van der Waals surface area contributed by atoms with Crippen LogP contribution < -0.4 is 5.32 Å². The van der Waals surface area contributed by atoms with Gasteiger partial charge in [0.2, 0.25) is 0 Å². The molecule has 6 heteroatoms. The highest BCUT2D eigenvalue weighted by molar-refractivity contribution is 6.42. The van der Waals surface area contributed by atoms with Gasteiger partial charge >= 0.3 is 0 Å². The summed E-state index contributed by atoms with van der Waals surface area (Å²) in [5.74, 6) is -0.298. The summed E-state index contributed by atoms with van der Waals surface area (Å²) in [6, 6.07) is 15.7. The molecular weight excluding hydrogens is 342 g/mol. The Balaban J connectivity index is 2.00. The number of hydrogen-bond donors (Lipinski definition) is 1. The van der Waals surface area contributed by atoms with E-state index in [2.05, 4.69) is 20.5 Å². The van der Waals surface area contributed by atoms with Gasteiger partial charge in [-0.3, -0.25) is 4.79 Å². The summed E-state index contributed by atoms with van der Waals surface area (Å²) in [7, 11) is 1.41. The van der Waals surface area contributed by atoms with Crippen LogP contribution in [0.25, 0.3) is 0 Å². The topological polar surface area (TPSA) is 72.3 Å². The van der Waals surface area contributed by atoms with Crippen LogP contribution in [-0.4, -0.2) is 24.4 Å². The minimum Gasteiger partial charge on any atom is -0.399 e. The number of carbonyl (C=O) groups excluding carboxylic acids is 1. The van der Waals surface area contributed by atoms with E-state index in [-0.39, 0.29) is 11.6 Å². The number of benzene rings is 2. The molecule has 2 aromatic rings. The molecule has 0 bridgehead atoms. The highest BCUT2D eigenvalue weighted by Gasteiger charge is 2.11. The van der Waals surface area contributed by atoms with Crippen molar-refractivity contribution in [2.24, 2.45) is 10.3 Å². The summed E-state index contributed by atoms with van der Waals surface area (Å²) < 4.78 is 0. The van der Waals surface area contributed by atoms with Gasteiger partial charge in [-0.1, -0.05) is 52.8 Å². The zero-order valence-corrected chi connectivity index (χ0v) is 16.2. The molecule has 0 spiro atoms. The van der Waals surface area contributed by atoms with E-state index in [0.29, 0.717) is 13.0 Å². The molecular formula is C21H25N3O3. The number of oxime groups is 2. The Morgan fingerprint density at radius 1 is 1.04 bits per heavy atom. The summed E-state index contributed by atoms with van der Waals surface area (Å²) in [6.45, 7) is 5.92. The van der Waals surface area contributed by atoms with E-state index >= 15 is 0 Å². The highest BCUT2D eigenvalue weighted by Crippen LogP contribution is 2.20. The van der Waals surface area contributed by atoms with Gasteiger partial charge in [-0.2, -0.15) is 0 Å². The Kier molecular flexibility index (Phi) is 7.55. The van der Waals surface area contributed by atoms with Gasteiger partial charge in [0.05, 0.1) is 5.71 Å². The first-order valence-electron chi connectivity index (χ1n) is 8.68. The average molecular weight is 367 g/mol. The number of hydrogen-bond acceptors (Lipinski definition) is 5. The molecule has 0 fully saturated rings. The van der Waals surface area contributed by atoms with E-state index in [1.54, 1.807) is 6.92 Å². The average Bonchev–Trinajstić information content (AvgIpc) is 2.66. The van der Waals surface area contributed by atoms with Gasteiger partial charge < -0.3 is 15.0 Å². The summed E-state index contributed by atoms with van der Waals surface area (Å²) in [5, 5.41) is 10.7. The molecule has 142 valence electrons. The molecule has 0 aliphatic rings. The standard InChI is InChI=1S/C21H25N3O3/c1-15(23-27-14-18-9-6-5-7-10-18)13-19-11-8-12-20(16(19)2)22-21(25)17(3)24-26-4/h5-12H,13-14H2,1-4H3,(H,22,25)/b23-15+,24-17+. The Hall–Kier alpha value is -3.15. The Morgan fingerprint density at radius 2 is 1.78 bits per heavy atom. The second kappa shape index (κ2) is 10.1. The van der Waals surface area contributed by atoms with Gasteiger partial charge in [-0.25, -0.2) is 0 Å². The SMILES string of the molecule is CO/N=C(\C)C(=O)Nc1cccc(C/C(C)=N/OCc2ccccc2)c1C. The fourth-order valence-electron chi connectivity index (χ4n) is 2.50. The molecule has 0 saturated carbocycles. The van der Waals surface area contributed by atoms with Crippen LogP contribution in [0, 0.1) is 6.92 Å². The lowest BCUT2D eigenvalue weighted by Crippen LogP contribution is -2.21. The monoisotopic (exact) mass is 367 g/mol. The van der Waals surface area contributed by atoms with E-state index in [9.17, 15) is 4.79 Å². The van der Waals surface area contributed by atoms with Crippen molar-refractivity contribution in [1.82, 2.24) is 0 Å². The summed E-state index contributed by atoms with van der Waals surface area (Å²) in [4.78, 5) is 22.2. The first-order valence-corrected chi connectivity index (χ1v) is 8.68. The number of nitrogens with zero attached hydrogens (tertiary/aromatic N) is 2. The van der Waals surface area contributed by atoms with E-state index in [1.807, 2.05) is 62.4 Å². The molecule has 0 radical (unpaired) electrons. The maximum atomic E-state index is 12.1. The highest BCUT2D eigenvalue weighted by atomic mass is 16.6. The van der Waals surface area contributed by atoms with Gasteiger partial charge in [0, 0.05) is 12.1 Å². The van der Waals surface area contributed by atoms with Gasteiger partial charge in [0.25, 0.3) is 5.91 Å². The van der Waals surface area contributed by atoms with Crippen molar-refractivity contribution in [2.75, 3.05) is 12.4 Å².